The Balaban J connectivity index is 1.95. The van der Waals surface area contributed by atoms with Crippen LogP contribution in [0.15, 0.2) is 0 Å². The Hall–Kier alpha value is -0.370. The largest absolute Gasteiger partial charge is 0.304 e. The van der Waals surface area contributed by atoms with E-state index in [2.05, 4.69) is 5.32 Å². The maximum Gasteiger partial charge on any atom is 0.152 e. The predicted octanol–water partition coefficient (Wildman–Crippen LogP) is 2.13. The van der Waals surface area contributed by atoms with E-state index in [1.165, 1.54) is 25.7 Å². The molecule has 1 N–H and O–H groups in total. The van der Waals surface area contributed by atoms with E-state index in [1.807, 2.05) is 13.8 Å². The Morgan fingerprint density at radius 1 is 1.29 bits per heavy atom. The summed E-state index contributed by atoms with van der Waals surface area (Å²) < 4.78 is 0. The van der Waals surface area contributed by atoms with Crippen molar-refractivity contribution in [2.24, 2.45) is 11.8 Å². The zero-order valence-electron chi connectivity index (χ0n) is 9.25. The molecule has 1 aliphatic carbocycles. The predicted molar refractivity (Wildman–Crippen MR) is 57.1 cm³/mol. The lowest BCUT2D eigenvalue weighted by atomic mass is 9.84. The fourth-order valence-electron chi connectivity index (χ4n) is 2.94. The summed E-state index contributed by atoms with van der Waals surface area (Å²) in [5, 5.41) is 3.52. The molecule has 1 aliphatic heterocycles. The highest BCUT2D eigenvalue weighted by Crippen LogP contribution is 2.33. The van der Waals surface area contributed by atoms with E-state index in [9.17, 15) is 4.79 Å². The molecule has 3 atom stereocenters. The molecule has 0 aromatic heterocycles. The van der Waals surface area contributed by atoms with Gasteiger partial charge in [0, 0.05) is 12.0 Å². The number of hydrogen-bond acceptors (Lipinski definition) is 2. The van der Waals surface area contributed by atoms with Crippen molar-refractivity contribution in [1.82, 2.24) is 5.32 Å². The van der Waals surface area contributed by atoms with E-state index >= 15 is 0 Å². The average molecular weight is 195 g/mol. The number of rotatable bonds is 2. The monoisotopic (exact) mass is 195 g/mol. The lowest BCUT2D eigenvalue weighted by Crippen LogP contribution is -2.38. The van der Waals surface area contributed by atoms with E-state index in [0.717, 1.165) is 12.3 Å². The third-order valence-corrected chi connectivity index (χ3v) is 3.78. The van der Waals surface area contributed by atoms with Crippen LogP contribution in [0.4, 0.5) is 0 Å². The zero-order chi connectivity index (χ0) is 10.1. The minimum Gasteiger partial charge on any atom is -0.304 e. The Morgan fingerprint density at radius 3 is 2.64 bits per heavy atom. The van der Waals surface area contributed by atoms with Gasteiger partial charge in [-0.1, -0.05) is 26.7 Å². The van der Waals surface area contributed by atoms with Gasteiger partial charge in [-0.05, 0) is 25.2 Å². The summed E-state index contributed by atoms with van der Waals surface area (Å²) in [7, 11) is 0. The molecule has 0 aromatic rings. The van der Waals surface area contributed by atoms with Gasteiger partial charge in [0.2, 0.25) is 0 Å². The molecule has 1 saturated heterocycles. The first-order valence-corrected chi connectivity index (χ1v) is 5.98. The van der Waals surface area contributed by atoms with Gasteiger partial charge in [-0.2, -0.15) is 0 Å². The van der Waals surface area contributed by atoms with Crippen LogP contribution in [0, 0.1) is 11.8 Å². The normalized spacial score (nSPS) is 37.2. The number of fused-ring (bicyclic) bond motifs is 1. The molecule has 2 unspecified atom stereocenters. The Labute approximate surface area is 86.5 Å². The van der Waals surface area contributed by atoms with Crippen LogP contribution >= 0.6 is 0 Å². The highest BCUT2D eigenvalue weighted by atomic mass is 16.1. The number of carbonyl (C=O) groups is 1. The standard InChI is InChI=1S/C12H21NO/c1-8(2)12(14)11-7-9-5-3-4-6-10(9)13-11/h8-11,13H,3-7H2,1-2H3/t9?,10?,11-/m0/s1. The highest BCUT2D eigenvalue weighted by Gasteiger charge is 2.38. The molecule has 2 nitrogen and oxygen atoms in total. The lowest BCUT2D eigenvalue weighted by Gasteiger charge is -2.24. The van der Waals surface area contributed by atoms with Gasteiger partial charge in [0.05, 0.1) is 6.04 Å². The van der Waals surface area contributed by atoms with Gasteiger partial charge in [-0.3, -0.25) is 4.79 Å². The lowest BCUT2D eigenvalue weighted by molar-refractivity contribution is -0.123. The average Bonchev–Trinajstić information content (AvgIpc) is 2.59. The molecule has 2 heteroatoms. The minimum atomic E-state index is 0.170. The molecule has 0 spiro atoms. The van der Waals surface area contributed by atoms with Gasteiger partial charge in [0.25, 0.3) is 0 Å². The molecule has 0 bridgehead atoms. The van der Waals surface area contributed by atoms with E-state index in [4.69, 9.17) is 0 Å². The van der Waals surface area contributed by atoms with Crippen LogP contribution in [0.1, 0.15) is 46.0 Å². The maximum atomic E-state index is 11.8. The highest BCUT2D eigenvalue weighted by molar-refractivity contribution is 5.86. The summed E-state index contributed by atoms with van der Waals surface area (Å²) >= 11 is 0. The molecule has 2 fully saturated rings. The van der Waals surface area contributed by atoms with Crippen molar-refractivity contribution in [2.45, 2.75) is 58.0 Å². The van der Waals surface area contributed by atoms with Crippen LogP contribution < -0.4 is 5.32 Å². The molecule has 0 radical (unpaired) electrons. The third kappa shape index (κ3) is 1.85. The van der Waals surface area contributed by atoms with Crippen molar-refractivity contribution >= 4 is 5.78 Å². The molecule has 2 aliphatic rings. The zero-order valence-corrected chi connectivity index (χ0v) is 9.25. The summed E-state index contributed by atoms with van der Waals surface area (Å²) in [4.78, 5) is 11.8. The molecule has 14 heavy (non-hydrogen) atoms. The van der Waals surface area contributed by atoms with Crippen molar-refractivity contribution in [1.29, 1.82) is 0 Å². The maximum absolute atomic E-state index is 11.8. The second-order valence-electron chi connectivity index (χ2n) is 5.16. The van der Waals surface area contributed by atoms with Gasteiger partial charge in [-0.25, -0.2) is 0 Å². The van der Waals surface area contributed by atoms with Gasteiger partial charge in [-0.15, -0.1) is 0 Å². The van der Waals surface area contributed by atoms with Crippen molar-refractivity contribution in [2.75, 3.05) is 0 Å². The van der Waals surface area contributed by atoms with Crippen molar-refractivity contribution < 1.29 is 4.79 Å². The van der Waals surface area contributed by atoms with Crippen LogP contribution in [-0.4, -0.2) is 17.9 Å². The Morgan fingerprint density at radius 2 is 2.00 bits per heavy atom. The Kier molecular flexibility index (Phi) is 2.91. The Bertz CT molecular complexity index is 210. The molecular formula is C12H21NO. The molecular weight excluding hydrogens is 174 g/mol. The van der Waals surface area contributed by atoms with Crippen LogP contribution in [0.5, 0.6) is 0 Å². The number of nitrogens with one attached hydrogen (secondary N) is 1. The molecule has 2 rings (SSSR count). The minimum absolute atomic E-state index is 0.170. The summed E-state index contributed by atoms with van der Waals surface area (Å²) in [5.41, 5.74) is 0. The quantitative estimate of drug-likeness (QED) is 0.731. The summed E-state index contributed by atoms with van der Waals surface area (Å²) in [5.74, 6) is 1.39. The first kappa shape index (κ1) is 10.2. The van der Waals surface area contributed by atoms with E-state index in [-0.39, 0.29) is 12.0 Å². The molecule has 1 heterocycles. The van der Waals surface area contributed by atoms with Crippen LogP contribution in [-0.2, 0) is 4.79 Å². The third-order valence-electron chi connectivity index (χ3n) is 3.78. The fourth-order valence-corrected chi connectivity index (χ4v) is 2.94. The first-order chi connectivity index (χ1) is 6.68. The number of Topliss-reactive ketones (excluding diaryl/α,β-unsaturated/α-hetero) is 1. The van der Waals surface area contributed by atoms with Crippen molar-refractivity contribution in [3.63, 3.8) is 0 Å². The first-order valence-electron chi connectivity index (χ1n) is 5.98. The van der Waals surface area contributed by atoms with Gasteiger partial charge < -0.3 is 5.32 Å². The van der Waals surface area contributed by atoms with Crippen molar-refractivity contribution in [3.8, 4) is 0 Å². The second-order valence-corrected chi connectivity index (χ2v) is 5.16. The van der Waals surface area contributed by atoms with Crippen LogP contribution in [0.3, 0.4) is 0 Å². The van der Waals surface area contributed by atoms with E-state index in [0.29, 0.717) is 11.8 Å². The number of hydrogen-bond donors (Lipinski definition) is 1. The van der Waals surface area contributed by atoms with Gasteiger partial charge in [0.15, 0.2) is 5.78 Å². The topological polar surface area (TPSA) is 29.1 Å². The molecule has 80 valence electrons. The molecule has 0 amide bonds. The number of carbonyl (C=O) groups excluding carboxylic acids is 1. The second kappa shape index (κ2) is 4.01. The van der Waals surface area contributed by atoms with E-state index < -0.39 is 0 Å². The van der Waals surface area contributed by atoms with E-state index in [1.54, 1.807) is 0 Å². The summed E-state index contributed by atoms with van der Waals surface area (Å²) in [6.45, 7) is 4.01. The van der Waals surface area contributed by atoms with Crippen LogP contribution in [0.25, 0.3) is 0 Å². The van der Waals surface area contributed by atoms with Gasteiger partial charge in [0.1, 0.15) is 0 Å². The number of ketones is 1. The van der Waals surface area contributed by atoms with Gasteiger partial charge >= 0.3 is 0 Å². The SMILES string of the molecule is CC(C)C(=O)[C@@H]1CC2CCCCC2N1. The summed E-state index contributed by atoms with van der Waals surface area (Å²) in [6, 6.07) is 0.819. The summed E-state index contributed by atoms with van der Waals surface area (Å²) in [6.07, 6.45) is 6.43. The fraction of sp³-hybridized carbons (Fsp3) is 0.917. The molecule has 0 aromatic carbocycles. The van der Waals surface area contributed by atoms with Crippen molar-refractivity contribution in [3.05, 3.63) is 0 Å². The molecule has 1 saturated carbocycles. The smallest absolute Gasteiger partial charge is 0.152 e. The van der Waals surface area contributed by atoms with Crippen LogP contribution in [0.2, 0.25) is 0 Å².